The Labute approximate surface area is 92.0 Å². The van der Waals surface area contributed by atoms with Crippen LogP contribution in [0.2, 0.25) is 0 Å². The molecular formula is C11H10ClNO2. The molecule has 0 amide bonds. The van der Waals surface area contributed by atoms with Crippen LogP contribution in [0.5, 0.6) is 0 Å². The van der Waals surface area contributed by atoms with E-state index < -0.39 is 0 Å². The first-order valence-corrected chi connectivity index (χ1v) is 5.19. The zero-order valence-corrected chi connectivity index (χ0v) is 9.04. The number of halogens is 1. The summed E-state index contributed by atoms with van der Waals surface area (Å²) in [5.41, 5.74) is 2.71. The number of benzene rings is 1. The molecule has 1 aromatic heterocycles. The van der Waals surface area contributed by atoms with E-state index in [4.69, 9.17) is 20.8 Å². The quantitative estimate of drug-likeness (QED) is 0.697. The molecule has 1 aromatic carbocycles. The van der Waals surface area contributed by atoms with Crippen LogP contribution >= 0.6 is 11.6 Å². The van der Waals surface area contributed by atoms with Crippen molar-refractivity contribution in [3.63, 3.8) is 0 Å². The van der Waals surface area contributed by atoms with Crippen molar-refractivity contribution in [2.75, 3.05) is 13.2 Å². The summed E-state index contributed by atoms with van der Waals surface area (Å²) in [6, 6.07) is 5.86. The highest BCUT2D eigenvalue weighted by atomic mass is 35.5. The molecule has 0 aliphatic carbocycles. The number of aromatic nitrogens is 1. The van der Waals surface area contributed by atoms with Crippen molar-refractivity contribution in [2.45, 2.75) is 11.8 Å². The maximum absolute atomic E-state index is 6.36. The molecule has 0 atom stereocenters. The number of hydrogen-bond acceptors (Lipinski definition) is 3. The van der Waals surface area contributed by atoms with E-state index in [1.165, 1.54) is 0 Å². The van der Waals surface area contributed by atoms with E-state index in [0.29, 0.717) is 19.1 Å². The smallest absolute Gasteiger partial charge is 0.192 e. The fraction of sp³-hybridized carbons (Fsp3) is 0.364. The monoisotopic (exact) mass is 223 g/mol. The van der Waals surface area contributed by atoms with Gasteiger partial charge in [-0.25, -0.2) is 4.98 Å². The Hall–Kier alpha value is -1.06. The number of fused-ring (bicyclic) bond motifs is 1. The van der Waals surface area contributed by atoms with Gasteiger partial charge in [0.05, 0.1) is 13.2 Å². The van der Waals surface area contributed by atoms with E-state index in [9.17, 15) is 0 Å². The Morgan fingerprint density at radius 3 is 2.87 bits per heavy atom. The second-order valence-corrected chi connectivity index (χ2v) is 4.60. The standard InChI is InChI=1S/C11H10ClNO2/c1-7-13-9-4-8(2-3-10(9)15-7)11(12)5-14-6-11/h2-4H,5-6H2,1H3. The maximum Gasteiger partial charge on any atom is 0.192 e. The Bertz CT molecular complexity index is 516. The summed E-state index contributed by atoms with van der Waals surface area (Å²) in [6.45, 7) is 2.97. The first kappa shape index (κ1) is 9.19. The van der Waals surface area contributed by atoms with Gasteiger partial charge in [0.1, 0.15) is 10.4 Å². The van der Waals surface area contributed by atoms with Crippen LogP contribution in [-0.2, 0) is 9.61 Å². The summed E-state index contributed by atoms with van der Waals surface area (Å²) in [4.78, 5) is 3.92. The van der Waals surface area contributed by atoms with Gasteiger partial charge in [-0.05, 0) is 17.7 Å². The van der Waals surface area contributed by atoms with Crippen molar-refractivity contribution >= 4 is 22.7 Å². The highest BCUT2D eigenvalue weighted by Gasteiger charge is 2.38. The third kappa shape index (κ3) is 1.34. The molecule has 2 heterocycles. The van der Waals surface area contributed by atoms with Gasteiger partial charge < -0.3 is 9.15 Å². The summed E-state index contributed by atoms with van der Waals surface area (Å²) < 4.78 is 10.5. The van der Waals surface area contributed by atoms with Crippen LogP contribution in [0.1, 0.15) is 11.5 Å². The van der Waals surface area contributed by atoms with Gasteiger partial charge in [-0.1, -0.05) is 6.07 Å². The minimum Gasteiger partial charge on any atom is -0.441 e. The first-order valence-electron chi connectivity index (χ1n) is 4.82. The Morgan fingerprint density at radius 1 is 1.40 bits per heavy atom. The number of nitrogens with zero attached hydrogens (tertiary/aromatic N) is 1. The summed E-state index contributed by atoms with van der Waals surface area (Å²) in [6.07, 6.45) is 0. The van der Waals surface area contributed by atoms with Gasteiger partial charge in [0.2, 0.25) is 0 Å². The zero-order chi connectivity index (χ0) is 10.5. The van der Waals surface area contributed by atoms with E-state index >= 15 is 0 Å². The van der Waals surface area contributed by atoms with Crippen LogP contribution in [0.15, 0.2) is 22.6 Å². The van der Waals surface area contributed by atoms with Crippen LogP contribution in [0.4, 0.5) is 0 Å². The zero-order valence-electron chi connectivity index (χ0n) is 8.29. The molecule has 0 bridgehead atoms. The maximum atomic E-state index is 6.36. The predicted molar refractivity (Wildman–Crippen MR) is 57.1 cm³/mol. The van der Waals surface area contributed by atoms with Crippen molar-refractivity contribution in [3.05, 3.63) is 29.7 Å². The number of rotatable bonds is 1. The third-order valence-corrected chi connectivity index (χ3v) is 3.11. The van der Waals surface area contributed by atoms with Gasteiger partial charge >= 0.3 is 0 Å². The van der Waals surface area contributed by atoms with Crippen molar-refractivity contribution in [3.8, 4) is 0 Å². The van der Waals surface area contributed by atoms with E-state index in [2.05, 4.69) is 4.98 Å². The minimum absolute atomic E-state index is 0.360. The Kier molecular flexibility index (Phi) is 1.82. The Morgan fingerprint density at radius 2 is 2.20 bits per heavy atom. The van der Waals surface area contributed by atoms with Gasteiger partial charge in [0.15, 0.2) is 11.5 Å². The molecule has 1 fully saturated rings. The summed E-state index contributed by atoms with van der Waals surface area (Å²) in [7, 11) is 0. The highest BCUT2D eigenvalue weighted by Crippen LogP contribution is 2.37. The molecule has 78 valence electrons. The molecule has 1 aliphatic rings. The molecule has 0 N–H and O–H groups in total. The van der Waals surface area contributed by atoms with Crippen LogP contribution < -0.4 is 0 Å². The van der Waals surface area contributed by atoms with Crippen LogP contribution in [0.25, 0.3) is 11.1 Å². The first-order chi connectivity index (χ1) is 7.17. The summed E-state index contributed by atoms with van der Waals surface area (Å²) >= 11 is 6.36. The number of hydrogen-bond donors (Lipinski definition) is 0. The second-order valence-electron chi connectivity index (χ2n) is 3.87. The summed E-state index contributed by atoms with van der Waals surface area (Å²) in [5.74, 6) is 0.677. The van der Waals surface area contributed by atoms with Gasteiger partial charge in [-0.3, -0.25) is 0 Å². The third-order valence-electron chi connectivity index (χ3n) is 2.67. The Balaban J connectivity index is 2.13. The van der Waals surface area contributed by atoms with E-state index in [1.54, 1.807) is 0 Å². The van der Waals surface area contributed by atoms with Gasteiger partial charge in [-0.15, -0.1) is 11.6 Å². The average Bonchev–Trinajstić information content (AvgIpc) is 2.53. The largest absolute Gasteiger partial charge is 0.441 e. The van der Waals surface area contributed by atoms with Crippen molar-refractivity contribution < 1.29 is 9.15 Å². The predicted octanol–water partition coefficient (Wildman–Crippen LogP) is 2.60. The van der Waals surface area contributed by atoms with Gasteiger partial charge in [0, 0.05) is 6.92 Å². The normalized spacial score (nSPS) is 19.1. The molecular weight excluding hydrogens is 214 g/mol. The second kappa shape index (κ2) is 2.97. The van der Waals surface area contributed by atoms with Crippen LogP contribution in [0.3, 0.4) is 0 Å². The van der Waals surface area contributed by atoms with Crippen molar-refractivity contribution in [1.82, 2.24) is 4.98 Å². The fourth-order valence-electron chi connectivity index (χ4n) is 1.77. The summed E-state index contributed by atoms with van der Waals surface area (Å²) in [5, 5.41) is 0. The fourth-order valence-corrected chi connectivity index (χ4v) is 2.04. The average molecular weight is 224 g/mol. The molecule has 2 aromatic rings. The number of oxazole rings is 1. The number of alkyl halides is 1. The van der Waals surface area contributed by atoms with Crippen LogP contribution in [0, 0.1) is 6.92 Å². The lowest BCUT2D eigenvalue weighted by atomic mass is 9.96. The lowest BCUT2D eigenvalue weighted by molar-refractivity contribution is -0.0151. The molecule has 0 unspecified atom stereocenters. The van der Waals surface area contributed by atoms with Crippen molar-refractivity contribution in [1.29, 1.82) is 0 Å². The van der Waals surface area contributed by atoms with Crippen LogP contribution in [-0.4, -0.2) is 18.2 Å². The molecule has 3 rings (SSSR count). The number of aryl methyl sites for hydroxylation is 1. The minimum atomic E-state index is -0.360. The lowest BCUT2D eigenvalue weighted by Crippen LogP contribution is -2.41. The highest BCUT2D eigenvalue weighted by molar-refractivity contribution is 6.24. The van der Waals surface area contributed by atoms with E-state index in [0.717, 1.165) is 16.7 Å². The van der Waals surface area contributed by atoms with E-state index in [-0.39, 0.29) is 4.87 Å². The SMILES string of the molecule is Cc1nc2cc(C3(Cl)COC3)ccc2o1. The van der Waals surface area contributed by atoms with E-state index in [1.807, 2.05) is 25.1 Å². The number of ether oxygens (including phenoxy) is 1. The topological polar surface area (TPSA) is 35.3 Å². The molecule has 0 saturated carbocycles. The molecule has 4 heteroatoms. The lowest BCUT2D eigenvalue weighted by Gasteiger charge is -2.35. The molecule has 1 aliphatic heterocycles. The van der Waals surface area contributed by atoms with Crippen molar-refractivity contribution in [2.24, 2.45) is 0 Å². The molecule has 15 heavy (non-hydrogen) atoms. The van der Waals surface area contributed by atoms with Gasteiger partial charge in [-0.2, -0.15) is 0 Å². The molecule has 3 nitrogen and oxygen atoms in total. The van der Waals surface area contributed by atoms with Gasteiger partial charge in [0.25, 0.3) is 0 Å². The molecule has 1 saturated heterocycles. The molecule has 0 spiro atoms. The molecule has 0 radical (unpaired) electrons.